The third kappa shape index (κ3) is 4.38. The highest BCUT2D eigenvalue weighted by molar-refractivity contribution is 7.20. The van der Waals surface area contributed by atoms with E-state index in [0.29, 0.717) is 28.5 Å². The van der Waals surface area contributed by atoms with Gasteiger partial charge in [0, 0.05) is 10.3 Å². The van der Waals surface area contributed by atoms with Crippen LogP contribution in [-0.2, 0) is 0 Å². The predicted molar refractivity (Wildman–Crippen MR) is 106 cm³/mol. The van der Waals surface area contributed by atoms with Crippen molar-refractivity contribution >= 4 is 33.2 Å². The minimum atomic E-state index is -0.440. The van der Waals surface area contributed by atoms with E-state index in [2.05, 4.69) is 10.9 Å². The highest BCUT2D eigenvalue weighted by Crippen LogP contribution is 2.28. The van der Waals surface area contributed by atoms with Crippen molar-refractivity contribution in [1.82, 2.24) is 10.9 Å². The summed E-state index contributed by atoms with van der Waals surface area (Å²) in [7, 11) is 1.51. The molecule has 0 fully saturated rings. The van der Waals surface area contributed by atoms with Gasteiger partial charge in [0.2, 0.25) is 0 Å². The first-order valence-electron chi connectivity index (χ1n) is 8.52. The minimum absolute atomic E-state index is 0.354. The number of nitrogens with one attached hydrogen (secondary N) is 2. The summed E-state index contributed by atoms with van der Waals surface area (Å²) in [6.07, 6.45) is 0.870. The Kier molecular flexibility index (Phi) is 5.93. The monoisotopic (exact) mass is 384 g/mol. The molecule has 0 saturated heterocycles. The number of carbonyl (C=O) groups excluding carboxylic acids is 2. The van der Waals surface area contributed by atoms with Crippen molar-refractivity contribution in [3.63, 3.8) is 0 Å². The molecule has 0 unspecified atom stereocenters. The van der Waals surface area contributed by atoms with E-state index in [1.54, 1.807) is 24.3 Å². The Labute approximate surface area is 161 Å². The Balaban J connectivity index is 1.65. The largest absolute Gasteiger partial charge is 0.493 e. The number of methoxy groups -OCH3 is 1. The molecule has 7 heteroatoms. The molecule has 0 saturated carbocycles. The van der Waals surface area contributed by atoms with Crippen molar-refractivity contribution in [1.29, 1.82) is 0 Å². The number of fused-ring (bicyclic) bond motifs is 1. The molecule has 27 heavy (non-hydrogen) atoms. The van der Waals surface area contributed by atoms with Gasteiger partial charge in [-0.05, 0) is 42.1 Å². The molecule has 6 nitrogen and oxygen atoms in total. The van der Waals surface area contributed by atoms with Crippen LogP contribution in [-0.4, -0.2) is 25.5 Å². The molecule has 0 radical (unpaired) electrons. The quantitative estimate of drug-likeness (QED) is 0.634. The fraction of sp³-hybridized carbons (Fsp3) is 0.200. The lowest BCUT2D eigenvalue weighted by molar-refractivity contribution is 0.0848. The first kappa shape index (κ1) is 18.7. The van der Waals surface area contributed by atoms with Gasteiger partial charge in [0.25, 0.3) is 11.8 Å². The molecule has 0 spiro atoms. The maximum absolute atomic E-state index is 12.3. The van der Waals surface area contributed by atoms with E-state index >= 15 is 0 Å². The predicted octanol–water partition coefficient (Wildman–Crippen LogP) is 3.77. The number of rotatable bonds is 6. The summed E-state index contributed by atoms with van der Waals surface area (Å²) in [4.78, 5) is 25.1. The Morgan fingerprint density at radius 2 is 1.78 bits per heavy atom. The second kappa shape index (κ2) is 8.55. The number of hydrogen-bond acceptors (Lipinski definition) is 5. The third-order valence-corrected chi connectivity index (χ3v) is 4.94. The molecule has 3 rings (SSSR count). The first-order chi connectivity index (χ1) is 13.1. The van der Waals surface area contributed by atoms with Crippen LogP contribution in [0.4, 0.5) is 0 Å². The van der Waals surface area contributed by atoms with E-state index in [1.807, 2.05) is 31.2 Å². The van der Waals surface area contributed by atoms with Gasteiger partial charge in [-0.3, -0.25) is 20.4 Å². The van der Waals surface area contributed by atoms with Crippen molar-refractivity contribution in [2.75, 3.05) is 13.7 Å². The lowest BCUT2D eigenvalue weighted by Gasteiger charge is -2.12. The second-order valence-electron chi connectivity index (χ2n) is 5.77. The van der Waals surface area contributed by atoms with Gasteiger partial charge >= 0.3 is 0 Å². The first-order valence-corrected chi connectivity index (χ1v) is 9.34. The number of amides is 2. The normalized spacial score (nSPS) is 10.4. The zero-order valence-corrected chi connectivity index (χ0v) is 15.9. The molecule has 0 atom stereocenters. The summed E-state index contributed by atoms with van der Waals surface area (Å²) >= 11 is 1.37. The van der Waals surface area contributed by atoms with E-state index in [-0.39, 0.29) is 5.91 Å². The van der Waals surface area contributed by atoms with Crippen LogP contribution in [0.25, 0.3) is 10.1 Å². The Morgan fingerprint density at radius 3 is 2.52 bits per heavy atom. The van der Waals surface area contributed by atoms with E-state index in [0.717, 1.165) is 16.5 Å². The average molecular weight is 384 g/mol. The highest BCUT2D eigenvalue weighted by Gasteiger charge is 2.14. The SMILES string of the molecule is CCCOc1ccc(C(=O)NNC(=O)c2cc3ccccc3s2)cc1OC. The second-order valence-corrected chi connectivity index (χ2v) is 6.85. The molecule has 3 aromatic rings. The van der Waals surface area contributed by atoms with Crippen molar-refractivity contribution in [2.24, 2.45) is 0 Å². The van der Waals surface area contributed by atoms with Crippen LogP contribution < -0.4 is 20.3 Å². The van der Waals surface area contributed by atoms with Gasteiger partial charge in [0.05, 0.1) is 18.6 Å². The van der Waals surface area contributed by atoms with Crippen molar-refractivity contribution in [3.05, 3.63) is 59.0 Å². The molecule has 2 amide bonds. The fourth-order valence-corrected chi connectivity index (χ4v) is 3.44. The highest BCUT2D eigenvalue weighted by atomic mass is 32.1. The molecule has 0 aliphatic carbocycles. The van der Waals surface area contributed by atoms with Gasteiger partial charge in [0.15, 0.2) is 11.5 Å². The number of thiophene rings is 1. The molecule has 1 aromatic heterocycles. The fourth-order valence-electron chi connectivity index (χ4n) is 2.48. The van der Waals surface area contributed by atoms with E-state index in [1.165, 1.54) is 18.4 Å². The molecule has 2 aromatic carbocycles. The summed E-state index contributed by atoms with van der Waals surface area (Å²) in [6, 6.07) is 14.4. The van der Waals surface area contributed by atoms with Crippen LogP contribution in [0.2, 0.25) is 0 Å². The summed E-state index contributed by atoms with van der Waals surface area (Å²) < 4.78 is 11.9. The van der Waals surface area contributed by atoms with Gasteiger partial charge in [-0.1, -0.05) is 25.1 Å². The van der Waals surface area contributed by atoms with E-state index in [4.69, 9.17) is 9.47 Å². The maximum atomic E-state index is 12.3. The molecular weight excluding hydrogens is 364 g/mol. The summed E-state index contributed by atoms with van der Waals surface area (Å²) in [5.41, 5.74) is 5.23. The number of hydrazine groups is 1. The summed E-state index contributed by atoms with van der Waals surface area (Å²) in [5, 5.41) is 0.992. The number of ether oxygens (including phenoxy) is 2. The Hall–Kier alpha value is -3.06. The van der Waals surface area contributed by atoms with Crippen LogP contribution in [0.5, 0.6) is 11.5 Å². The van der Waals surface area contributed by atoms with Crippen LogP contribution in [0, 0.1) is 0 Å². The molecule has 0 aliphatic heterocycles. The lowest BCUT2D eigenvalue weighted by Crippen LogP contribution is -2.41. The van der Waals surface area contributed by atoms with Gasteiger partial charge in [-0.2, -0.15) is 0 Å². The molecule has 0 aliphatic rings. The van der Waals surface area contributed by atoms with Crippen LogP contribution >= 0.6 is 11.3 Å². The van der Waals surface area contributed by atoms with Crippen molar-refractivity contribution < 1.29 is 19.1 Å². The maximum Gasteiger partial charge on any atom is 0.279 e. The average Bonchev–Trinajstić information content (AvgIpc) is 3.14. The third-order valence-electron chi connectivity index (χ3n) is 3.83. The number of hydrogen-bond donors (Lipinski definition) is 2. The zero-order chi connectivity index (χ0) is 19.2. The molecule has 2 N–H and O–H groups in total. The molecule has 140 valence electrons. The zero-order valence-electron chi connectivity index (χ0n) is 15.1. The number of benzene rings is 2. The van der Waals surface area contributed by atoms with Crippen LogP contribution in [0.1, 0.15) is 33.4 Å². The van der Waals surface area contributed by atoms with Crippen molar-refractivity contribution in [2.45, 2.75) is 13.3 Å². The molecule has 1 heterocycles. The summed E-state index contributed by atoms with van der Waals surface area (Å²) in [6.45, 7) is 2.57. The Morgan fingerprint density at radius 1 is 1.00 bits per heavy atom. The standard InChI is InChI=1S/C20H20N2O4S/c1-3-10-26-15-9-8-14(11-16(15)25-2)19(23)21-22-20(24)18-12-13-6-4-5-7-17(13)27-18/h4-9,11-12H,3,10H2,1-2H3,(H,21,23)(H,22,24). The number of carbonyl (C=O) groups is 2. The van der Waals surface area contributed by atoms with Crippen LogP contribution in [0.3, 0.4) is 0 Å². The lowest BCUT2D eigenvalue weighted by atomic mass is 10.2. The van der Waals surface area contributed by atoms with E-state index in [9.17, 15) is 9.59 Å². The van der Waals surface area contributed by atoms with Crippen molar-refractivity contribution in [3.8, 4) is 11.5 Å². The topological polar surface area (TPSA) is 76.7 Å². The molecular formula is C20H20N2O4S. The minimum Gasteiger partial charge on any atom is -0.493 e. The molecule has 0 bridgehead atoms. The smallest absolute Gasteiger partial charge is 0.279 e. The Bertz CT molecular complexity index is 935. The van der Waals surface area contributed by atoms with Gasteiger partial charge in [-0.25, -0.2) is 0 Å². The summed E-state index contributed by atoms with van der Waals surface area (Å²) in [5.74, 6) is 0.237. The van der Waals surface area contributed by atoms with E-state index < -0.39 is 5.91 Å². The van der Waals surface area contributed by atoms with Crippen LogP contribution in [0.15, 0.2) is 48.5 Å². The van der Waals surface area contributed by atoms with Gasteiger partial charge < -0.3 is 9.47 Å². The van der Waals surface area contributed by atoms with Gasteiger partial charge in [-0.15, -0.1) is 11.3 Å². The van der Waals surface area contributed by atoms with Gasteiger partial charge in [0.1, 0.15) is 0 Å².